The third-order valence-electron chi connectivity index (χ3n) is 8.08. The fraction of sp³-hybridized carbons (Fsp3) is 0.294. The molecule has 10 heteroatoms. The number of nitrogens with zero attached hydrogens (tertiary/aromatic N) is 2. The van der Waals surface area contributed by atoms with Crippen LogP contribution in [-0.2, 0) is 32.6 Å². The number of anilines is 1. The van der Waals surface area contributed by atoms with Crippen molar-refractivity contribution in [1.29, 1.82) is 0 Å². The summed E-state index contributed by atoms with van der Waals surface area (Å²) in [7, 11) is -3.92. The number of fused-ring (bicyclic) bond motifs is 1. The summed E-state index contributed by atoms with van der Waals surface area (Å²) in [4.78, 5) is 29.9. The van der Waals surface area contributed by atoms with Crippen LogP contribution in [0.3, 0.4) is 0 Å². The molecule has 0 spiro atoms. The Bertz CT molecular complexity index is 1720. The predicted molar refractivity (Wildman–Crippen MR) is 177 cm³/mol. The number of nitrogens with one attached hydrogen (secondary N) is 1. The van der Waals surface area contributed by atoms with E-state index < -0.39 is 28.5 Å². The molecular weight excluding hydrogens is 617 g/mol. The van der Waals surface area contributed by atoms with Crippen LogP contribution < -0.4 is 9.62 Å². The molecule has 1 saturated carbocycles. The molecule has 1 fully saturated rings. The number of sulfonamides is 1. The summed E-state index contributed by atoms with van der Waals surface area (Å²) < 4.78 is 27.6. The van der Waals surface area contributed by atoms with Gasteiger partial charge in [0.15, 0.2) is 0 Å². The Morgan fingerprint density at radius 3 is 2.16 bits per heavy atom. The Morgan fingerprint density at radius 2 is 1.48 bits per heavy atom. The Kier molecular flexibility index (Phi) is 10.1. The molecule has 1 aliphatic rings. The van der Waals surface area contributed by atoms with Crippen LogP contribution in [0.25, 0.3) is 10.8 Å². The second kappa shape index (κ2) is 14.0. The molecule has 5 rings (SSSR count). The van der Waals surface area contributed by atoms with Gasteiger partial charge in [-0.25, -0.2) is 8.42 Å². The molecule has 7 nitrogen and oxygen atoms in total. The quantitative estimate of drug-likeness (QED) is 0.198. The maximum atomic E-state index is 14.5. The lowest BCUT2D eigenvalue weighted by Crippen LogP contribution is -2.54. The molecule has 2 amide bonds. The van der Waals surface area contributed by atoms with Crippen molar-refractivity contribution in [3.05, 3.63) is 112 Å². The highest BCUT2D eigenvalue weighted by atomic mass is 35.5. The lowest BCUT2D eigenvalue weighted by atomic mass is 10.0. The van der Waals surface area contributed by atoms with E-state index in [0.29, 0.717) is 26.7 Å². The first-order chi connectivity index (χ1) is 21.1. The fourth-order valence-electron chi connectivity index (χ4n) is 5.80. The molecule has 4 aromatic carbocycles. The molecule has 0 radical (unpaired) electrons. The highest BCUT2D eigenvalue weighted by Gasteiger charge is 2.35. The van der Waals surface area contributed by atoms with E-state index in [1.807, 2.05) is 60.7 Å². The van der Waals surface area contributed by atoms with E-state index in [-0.39, 0.29) is 24.9 Å². The van der Waals surface area contributed by atoms with E-state index in [0.717, 1.165) is 47.2 Å². The number of carbonyl (C=O) groups is 2. The number of hydrogen-bond donors (Lipinski definition) is 1. The molecule has 1 atom stereocenters. The highest BCUT2D eigenvalue weighted by Crippen LogP contribution is 2.31. The van der Waals surface area contributed by atoms with Gasteiger partial charge >= 0.3 is 0 Å². The van der Waals surface area contributed by atoms with Gasteiger partial charge in [-0.2, -0.15) is 0 Å². The second-order valence-corrected chi connectivity index (χ2v) is 13.9. The number of benzene rings is 4. The topological polar surface area (TPSA) is 86.8 Å². The SMILES string of the molecule is CS(=O)(=O)N(CC(=O)N(Cc1c(Cl)cccc1Cl)[C@H](Cc1ccccc1)C(=O)NC1CCCC1)c1cccc2ccccc12. The van der Waals surface area contributed by atoms with E-state index in [9.17, 15) is 18.0 Å². The van der Waals surface area contributed by atoms with Gasteiger partial charge < -0.3 is 10.2 Å². The molecule has 0 bridgehead atoms. The van der Waals surface area contributed by atoms with E-state index in [1.165, 1.54) is 4.90 Å². The van der Waals surface area contributed by atoms with E-state index in [1.54, 1.807) is 30.3 Å². The van der Waals surface area contributed by atoms with Crippen LogP contribution in [0.4, 0.5) is 5.69 Å². The Balaban J connectivity index is 1.58. The minimum absolute atomic E-state index is 0.0184. The smallest absolute Gasteiger partial charge is 0.244 e. The van der Waals surface area contributed by atoms with Crippen molar-refractivity contribution >= 4 is 61.5 Å². The zero-order valence-corrected chi connectivity index (χ0v) is 26.8. The van der Waals surface area contributed by atoms with Crippen molar-refractivity contribution in [3.8, 4) is 0 Å². The predicted octanol–water partition coefficient (Wildman–Crippen LogP) is 6.61. The third kappa shape index (κ3) is 7.54. The van der Waals surface area contributed by atoms with E-state index in [4.69, 9.17) is 23.2 Å². The molecule has 0 aromatic heterocycles. The maximum Gasteiger partial charge on any atom is 0.244 e. The van der Waals surface area contributed by atoms with Gasteiger partial charge in [0.05, 0.1) is 11.9 Å². The Labute approximate surface area is 268 Å². The van der Waals surface area contributed by atoms with E-state index in [2.05, 4.69) is 5.32 Å². The van der Waals surface area contributed by atoms with Crippen LogP contribution in [0.1, 0.15) is 36.8 Å². The maximum absolute atomic E-state index is 14.5. The lowest BCUT2D eigenvalue weighted by Gasteiger charge is -2.34. The van der Waals surface area contributed by atoms with Crippen LogP contribution in [0.15, 0.2) is 91.0 Å². The first-order valence-corrected chi connectivity index (χ1v) is 17.2. The van der Waals surface area contributed by atoms with Crippen LogP contribution in [0.5, 0.6) is 0 Å². The summed E-state index contributed by atoms with van der Waals surface area (Å²) in [6.45, 7) is -0.600. The van der Waals surface area contributed by atoms with Gasteiger partial charge in [-0.1, -0.05) is 109 Å². The average molecular weight is 653 g/mol. The van der Waals surface area contributed by atoms with Crippen LogP contribution in [0.2, 0.25) is 10.0 Å². The normalized spacial score (nSPS) is 14.3. The largest absolute Gasteiger partial charge is 0.352 e. The van der Waals surface area contributed by atoms with Gasteiger partial charge in [0.2, 0.25) is 21.8 Å². The summed E-state index contributed by atoms with van der Waals surface area (Å²) in [5, 5.41) is 5.38. The van der Waals surface area contributed by atoms with Crippen LogP contribution in [0, 0.1) is 0 Å². The van der Waals surface area contributed by atoms with Crippen molar-refractivity contribution in [2.75, 3.05) is 17.1 Å². The monoisotopic (exact) mass is 651 g/mol. The summed E-state index contributed by atoms with van der Waals surface area (Å²) in [5.41, 5.74) is 1.72. The number of amides is 2. The van der Waals surface area contributed by atoms with Gasteiger partial charge in [0, 0.05) is 40.0 Å². The summed E-state index contributed by atoms with van der Waals surface area (Å²) in [6.07, 6.45) is 5.10. The minimum atomic E-state index is -3.92. The Morgan fingerprint density at radius 1 is 0.864 bits per heavy atom. The van der Waals surface area contributed by atoms with Crippen LogP contribution >= 0.6 is 23.2 Å². The minimum Gasteiger partial charge on any atom is -0.352 e. The summed E-state index contributed by atoms with van der Waals surface area (Å²) in [6, 6.07) is 26.3. The second-order valence-electron chi connectivity index (χ2n) is 11.2. The standard InChI is InChI=1S/C34H35Cl2N3O4S/c1-44(42,43)39(31-20-9-14-25-13-5-8-17-27(25)31)23-33(40)38(22-28-29(35)18-10-19-30(28)36)32(21-24-11-3-2-4-12-24)34(41)37-26-15-6-7-16-26/h2-5,8-14,17-20,26,32H,6-7,15-16,21-23H2,1H3,(H,37,41)/t32-/m1/s1. The first-order valence-electron chi connectivity index (χ1n) is 14.6. The van der Waals surface area contributed by atoms with Crippen molar-refractivity contribution < 1.29 is 18.0 Å². The molecule has 0 saturated heterocycles. The summed E-state index contributed by atoms with van der Waals surface area (Å²) >= 11 is 13.1. The molecule has 1 N–H and O–H groups in total. The first kappa shape index (κ1) is 31.8. The van der Waals surface area contributed by atoms with Crippen molar-refractivity contribution in [1.82, 2.24) is 10.2 Å². The zero-order chi connectivity index (χ0) is 31.3. The van der Waals surface area contributed by atoms with E-state index >= 15 is 0 Å². The van der Waals surface area contributed by atoms with Gasteiger partial charge in [-0.3, -0.25) is 13.9 Å². The van der Waals surface area contributed by atoms with Gasteiger partial charge in [-0.05, 0) is 42.0 Å². The van der Waals surface area contributed by atoms with Crippen molar-refractivity contribution in [2.45, 2.75) is 50.7 Å². The van der Waals surface area contributed by atoms with Gasteiger partial charge in [0.1, 0.15) is 12.6 Å². The number of carbonyl (C=O) groups excluding carboxylic acids is 2. The molecule has 1 aliphatic carbocycles. The molecule has 44 heavy (non-hydrogen) atoms. The average Bonchev–Trinajstić information content (AvgIpc) is 3.51. The third-order valence-corrected chi connectivity index (χ3v) is 9.91. The number of hydrogen-bond acceptors (Lipinski definition) is 4. The van der Waals surface area contributed by atoms with Crippen molar-refractivity contribution in [3.63, 3.8) is 0 Å². The molecular formula is C34H35Cl2N3O4S. The van der Waals surface area contributed by atoms with Gasteiger partial charge in [0.25, 0.3) is 0 Å². The van der Waals surface area contributed by atoms with Gasteiger partial charge in [-0.15, -0.1) is 0 Å². The fourth-order valence-corrected chi connectivity index (χ4v) is 7.17. The zero-order valence-electron chi connectivity index (χ0n) is 24.5. The molecule has 0 aliphatic heterocycles. The highest BCUT2D eigenvalue weighted by molar-refractivity contribution is 7.92. The number of halogens is 2. The lowest BCUT2D eigenvalue weighted by molar-refractivity contribution is -0.140. The van der Waals surface area contributed by atoms with Crippen molar-refractivity contribution in [2.24, 2.45) is 0 Å². The Hall–Kier alpha value is -3.59. The molecule has 4 aromatic rings. The molecule has 0 unspecified atom stereocenters. The summed E-state index contributed by atoms with van der Waals surface area (Å²) in [5.74, 6) is -0.852. The van der Waals surface area contributed by atoms with Crippen LogP contribution in [-0.4, -0.2) is 50.0 Å². The molecule has 0 heterocycles. The number of rotatable bonds is 11. The molecule has 230 valence electrons.